The van der Waals surface area contributed by atoms with Crippen molar-refractivity contribution in [1.82, 2.24) is 15.2 Å². The molecule has 146 valence electrons. The van der Waals surface area contributed by atoms with Crippen molar-refractivity contribution in [2.24, 2.45) is 4.99 Å². The average Bonchev–Trinajstić information content (AvgIpc) is 2.79. The van der Waals surface area contributed by atoms with E-state index in [1.54, 1.807) is 18.5 Å². The summed E-state index contributed by atoms with van der Waals surface area (Å²) in [4.78, 5) is 23.6. The minimum absolute atomic E-state index is 0.0435. The number of fused-ring (bicyclic) bond motifs is 1. The van der Waals surface area contributed by atoms with Gasteiger partial charge in [-0.25, -0.2) is 9.79 Å². The monoisotopic (exact) mass is 388 g/mol. The Bertz CT molecular complexity index is 1000. The SMILES string of the molecule is N#C/C(C(=O)OCc1cccnc1)=C1/Nc2ccccc2N=C1N1CCNCC1. The Morgan fingerprint density at radius 3 is 2.79 bits per heavy atom. The number of rotatable bonds is 3. The Morgan fingerprint density at radius 1 is 1.21 bits per heavy atom. The number of piperazine rings is 1. The molecule has 0 spiro atoms. The van der Waals surface area contributed by atoms with Gasteiger partial charge in [0.1, 0.15) is 18.4 Å². The molecule has 2 aliphatic rings. The predicted molar refractivity (Wildman–Crippen MR) is 108 cm³/mol. The van der Waals surface area contributed by atoms with Gasteiger partial charge in [0, 0.05) is 44.1 Å². The summed E-state index contributed by atoms with van der Waals surface area (Å²) >= 11 is 0. The zero-order valence-electron chi connectivity index (χ0n) is 15.8. The molecule has 4 rings (SSSR count). The lowest BCUT2D eigenvalue weighted by atomic mass is 10.1. The van der Waals surface area contributed by atoms with Gasteiger partial charge in [-0.05, 0) is 18.2 Å². The fourth-order valence-corrected chi connectivity index (χ4v) is 3.23. The summed E-state index contributed by atoms with van der Waals surface area (Å²) in [7, 11) is 0. The van der Waals surface area contributed by atoms with Crippen molar-refractivity contribution in [1.29, 1.82) is 5.26 Å². The van der Waals surface area contributed by atoms with Crippen LogP contribution in [0.25, 0.3) is 0 Å². The number of hydrogen-bond acceptors (Lipinski definition) is 8. The Balaban J connectivity index is 1.67. The third kappa shape index (κ3) is 4.10. The van der Waals surface area contributed by atoms with Gasteiger partial charge in [-0.1, -0.05) is 18.2 Å². The van der Waals surface area contributed by atoms with Crippen molar-refractivity contribution in [3.05, 3.63) is 65.6 Å². The number of benzene rings is 1. The molecule has 1 fully saturated rings. The number of carbonyl (C=O) groups excluding carboxylic acids is 1. The number of amidine groups is 1. The van der Waals surface area contributed by atoms with E-state index in [9.17, 15) is 10.1 Å². The second-order valence-electron chi connectivity index (χ2n) is 6.61. The molecule has 0 radical (unpaired) electrons. The molecule has 1 aromatic heterocycles. The second kappa shape index (κ2) is 8.54. The number of ether oxygens (including phenoxy) is 1. The molecular formula is C21H20N6O2. The van der Waals surface area contributed by atoms with Crippen molar-refractivity contribution in [2.45, 2.75) is 6.61 Å². The number of hydrogen-bond donors (Lipinski definition) is 2. The van der Waals surface area contributed by atoms with E-state index >= 15 is 0 Å². The van der Waals surface area contributed by atoms with Gasteiger partial charge in [0.25, 0.3) is 0 Å². The highest BCUT2D eigenvalue weighted by molar-refractivity contribution is 6.12. The highest BCUT2D eigenvalue weighted by atomic mass is 16.5. The number of esters is 1. The molecular weight excluding hydrogens is 368 g/mol. The topological polar surface area (TPSA) is 103 Å². The predicted octanol–water partition coefficient (Wildman–Crippen LogP) is 1.96. The van der Waals surface area contributed by atoms with Crippen LogP contribution in [0.4, 0.5) is 11.4 Å². The largest absolute Gasteiger partial charge is 0.457 e. The Morgan fingerprint density at radius 2 is 2.03 bits per heavy atom. The van der Waals surface area contributed by atoms with Gasteiger partial charge in [0.05, 0.1) is 11.4 Å². The van der Waals surface area contributed by atoms with Crippen molar-refractivity contribution in [2.75, 3.05) is 31.5 Å². The standard InChI is InChI=1S/C21H20N6O2/c22-12-16(21(28)29-14-15-4-3-7-24-13-15)19-20(27-10-8-23-9-11-27)26-18-6-2-1-5-17(18)25-19/h1-7,13,23,25H,8-11,14H2/b19-16-. The minimum atomic E-state index is -0.693. The number of carbonyl (C=O) groups is 1. The molecule has 0 saturated carbocycles. The number of nitrogens with one attached hydrogen (secondary N) is 2. The van der Waals surface area contributed by atoms with Crippen molar-refractivity contribution in [3.63, 3.8) is 0 Å². The zero-order valence-corrected chi connectivity index (χ0v) is 15.8. The fourth-order valence-electron chi connectivity index (χ4n) is 3.23. The molecule has 2 N–H and O–H groups in total. The second-order valence-corrected chi connectivity index (χ2v) is 6.61. The van der Waals surface area contributed by atoms with Gasteiger partial charge in [-0.15, -0.1) is 0 Å². The number of aliphatic imine (C=N–C) groups is 1. The molecule has 0 aliphatic carbocycles. The lowest BCUT2D eigenvalue weighted by molar-refractivity contribution is -0.139. The molecule has 2 aromatic rings. The van der Waals surface area contributed by atoms with E-state index in [1.807, 2.05) is 36.4 Å². The first kappa shape index (κ1) is 18.7. The molecule has 1 saturated heterocycles. The van der Waals surface area contributed by atoms with E-state index in [2.05, 4.69) is 20.5 Å². The summed E-state index contributed by atoms with van der Waals surface area (Å²) in [5.74, 6) is -0.110. The summed E-state index contributed by atoms with van der Waals surface area (Å²) in [5.41, 5.74) is 2.55. The van der Waals surface area contributed by atoms with Gasteiger partial charge in [-0.2, -0.15) is 5.26 Å². The summed E-state index contributed by atoms with van der Waals surface area (Å²) < 4.78 is 5.37. The van der Waals surface area contributed by atoms with Crippen LogP contribution in [0.15, 0.2) is 65.1 Å². The quantitative estimate of drug-likeness (QED) is 0.471. The third-order valence-corrected chi connectivity index (χ3v) is 4.69. The van der Waals surface area contributed by atoms with Crippen LogP contribution in [-0.2, 0) is 16.1 Å². The lowest BCUT2D eigenvalue weighted by Crippen LogP contribution is -2.48. The smallest absolute Gasteiger partial charge is 0.351 e. The number of nitrogens with zero attached hydrogens (tertiary/aromatic N) is 4. The Hall–Kier alpha value is -3.70. The van der Waals surface area contributed by atoms with Gasteiger partial charge >= 0.3 is 5.97 Å². The van der Waals surface area contributed by atoms with Crippen LogP contribution in [0.3, 0.4) is 0 Å². The summed E-state index contributed by atoms with van der Waals surface area (Å²) in [6, 6.07) is 13.1. The van der Waals surface area contributed by atoms with E-state index in [1.165, 1.54) is 0 Å². The molecule has 29 heavy (non-hydrogen) atoms. The van der Waals surface area contributed by atoms with E-state index < -0.39 is 5.97 Å². The molecule has 0 atom stereocenters. The molecule has 0 unspecified atom stereocenters. The number of para-hydroxylation sites is 2. The van der Waals surface area contributed by atoms with Gasteiger partial charge in [0.15, 0.2) is 11.4 Å². The van der Waals surface area contributed by atoms with Crippen LogP contribution in [-0.4, -0.2) is 47.9 Å². The van der Waals surface area contributed by atoms with Gasteiger partial charge < -0.3 is 20.3 Å². The van der Waals surface area contributed by atoms with Crippen LogP contribution in [0.2, 0.25) is 0 Å². The van der Waals surface area contributed by atoms with E-state index in [0.717, 1.165) is 43.1 Å². The maximum atomic E-state index is 12.7. The van der Waals surface area contributed by atoms with E-state index in [-0.39, 0.29) is 12.2 Å². The molecule has 1 aromatic carbocycles. The minimum Gasteiger partial charge on any atom is -0.457 e. The van der Waals surface area contributed by atoms with Crippen molar-refractivity contribution >= 4 is 23.2 Å². The van der Waals surface area contributed by atoms with Crippen molar-refractivity contribution < 1.29 is 9.53 Å². The van der Waals surface area contributed by atoms with Crippen LogP contribution in [0.5, 0.6) is 0 Å². The number of anilines is 1. The van der Waals surface area contributed by atoms with E-state index in [0.29, 0.717) is 11.5 Å². The average molecular weight is 388 g/mol. The lowest BCUT2D eigenvalue weighted by Gasteiger charge is -2.34. The highest BCUT2D eigenvalue weighted by Crippen LogP contribution is 2.32. The van der Waals surface area contributed by atoms with E-state index in [4.69, 9.17) is 9.73 Å². The van der Waals surface area contributed by atoms with Crippen molar-refractivity contribution in [3.8, 4) is 6.07 Å². The van der Waals surface area contributed by atoms with Gasteiger partial charge in [0.2, 0.25) is 0 Å². The Kier molecular flexibility index (Phi) is 5.49. The number of aromatic nitrogens is 1. The maximum absolute atomic E-state index is 12.7. The normalized spacial score (nSPS) is 17.3. The molecule has 8 nitrogen and oxygen atoms in total. The molecule has 0 bridgehead atoms. The van der Waals surface area contributed by atoms with Crippen LogP contribution < -0.4 is 10.6 Å². The molecule has 2 aliphatic heterocycles. The van der Waals surface area contributed by atoms with Crippen LogP contribution >= 0.6 is 0 Å². The number of nitriles is 1. The molecule has 3 heterocycles. The summed E-state index contributed by atoms with van der Waals surface area (Å²) in [6.45, 7) is 3.12. The van der Waals surface area contributed by atoms with Crippen LogP contribution in [0, 0.1) is 11.3 Å². The maximum Gasteiger partial charge on any atom is 0.351 e. The summed E-state index contributed by atoms with van der Waals surface area (Å²) in [5, 5.41) is 16.3. The fraction of sp³-hybridized carbons (Fsp3) is 0.238. The molecule has 0 amide bonds. The first-order chi connectivity index (χ1) is 14.3. The van der Waals surface area contributed by atoms with Gasteiger partial charge in [-0.3, -0.25) is 4.98 Å². The van der Waals surface area contributed by atoms with Crippen LogP contribution in [0.1, 0.15) is 5.56 Å². The first-order valence-corrected chi connectivity index (χ1v) is 9.37. The highest BCUT2D eigenvalue weighted by Gasteiger charge is 2.29. The molecule has 8 heteroatoms. The third-order valence-electron chi connectivity index (χ3n) is 4.69. The zero-order chi connectivity index (χ0) is 20.1. The summed E-state index contributed by atoms with van der Waals surface area (Å²) in [6.07, 6.45) is 3.27. The first-order valence-electron chi connectivity index (χ1n) is 9.37. The number of pyridine rings is 1. The Labute approximate surface area is 168 Å².